The molecule has 0 aliphatic heterocycles. The van der Waals surface area contributed by atoms with E-state index in [2.05, 4.69) is 0 Å². The van der Waals surface area contributed by atoms with Gasteiger partial charge in [-0.25, -0.2) is 0 Å². The quantitative estimate of drug-likeness (QED) is 0.388. The molecule has 0 amide bonds. The van der Waals surface area contributed by atoms with Gasteiger partial charge in [-0.05, 0) is 0 Å². The van der Waals surface area contributed by atoms with Gasteiger partial charge in [0.2, 0.25) is 0 Å². The average molecular weight is 225 g/mol. The third-order valence-corrected chi connectivity index (χ3v) is 0. The van der Waals surface area contributed by atoms with Crippen molar-refractivity contribution in [1.82, 2.24) is 0 Å². The first-order valence-corrected chi connectivity index (χ1v) is 0.408. The molecule has 5 heteroatoms. The minimum atomic E-state index is 0. The van der Waals surface area contributed by atoms with Gasteiger partial charge in [0.1, 0.15) is 0 Å². The third kappa shape index (κ3) is 31.9. The zero-order valence-corrected chi connectivity index (χ0v) is 10.5. The van der Waals surface area contributed by atoms with E-state index >= 15 is 0 Å². The van der Waals surface area contributed by atoms with Gasteiger partial charge in [0.25, 0.3) is 0 Å². The van der Waals surface area contributed by atoms with E-state index < -0.39 is 0 Å². The fourth-order valence-electron chi connectivity index (χ4n) is 0. The molecule has 0 bridgehead atoms. The van der Waals surface area contributed by atoms with Gasteiger partial charge in [0.15, 0.2) is 0 Å². The van der Waals surface area contributed by atoms with Crippen LogP contribution in [0.1, 0.15) is 0 Å². The van der Waals surface area contributed by atoms with Gasteiger partial charge in [0, 0.05) is 0 Å². The van der Waals surface area contributed by atoms with Crippen LogP contribution in [-0.2, 0) is 0 Å². The Bertz CT molecular complexity index is 10.8. The first-order chi connectivity index (χ1) is 1.00. The molecule has 0 aromatic rings. The first kappa shape index (κ1) is 39.4. The van der Waals surface area contributed by atoms with Gasteiger partial charge >= 0.3 is 78.4 Å². The topological polar surface area (TPSA) is 83.1 Å². The Labute approximate surface area is 99.5 Å². The molecule has 0 heterocycles. The molecule has 2 N–H and O–H groups in total. The number of rotatable bonds is 0. The van der Waals surface area contributed by atoms with Gasteiger partial charge in [-0.15, -0.1) is 0 Å². The van der Waals surface area contributed by atoms with Crippen LogP contribution in [0.4, 0.5) is 0 Å². The maximum absolute atomic E-state index is 8.25. The average Bonchev–Trinajstić information content (AvgIpc) is 1.00. The van der Waals surface area contributed by atoms with Crippen molar-refractivity contribution in [3.63, 3.8) is 0 Å². The van der Waals surface area contributed by atoms with Gasteiger partial charge in [-0.2, -0.15) is 7.11 Å². The second-order valence-corrected chi connectivity index (χ2v) is 0. The Morgan fingerprint density at radius 1 is 1.00 bits per heavy atom. The molecule has 0 spiro atoms. The Kier molecular flexibility index (Phi) is 339. The van der Waals surface area contributed by atoms with Crippen molar-refractivity contribution in [1.29, 1.82) is 0 Å². The maximum Gasteiger partial charge on any atom is 2.00 e. The minimum absolute atomic E-state index is 0. The molecule has 0 unspecified atom stereocenters. The Morgan fingerprint density at radius 3 is 1.00 bits per heavy atom. The van der Waals surface area contributed by atoms with Crippen molar-refractivity contribution in [2.24, 2.45) is 0 Å². The molecular formula is CH5BaNaO3. The standard InChI is InChI=1S/CH3O.Ba.Na.2H2O/c1-2;;;;/h1H3;;;2*1H2/q-1;+2;+1;;/p-2. The molecule has 0 aliphatic rings. The van der Waals surface area contributed by atoms with Crippen LogP contribution in [0.3, 0.4) is 0 Å². The van der Waals surface area contributed by atoms with Crippen LogP contribution in [0.2, 0.25) is 0 Å². The SMILES string of the molecule is C[O-].[Ba+2].[Na+].[OH-].[OH-]. The largest absolute Gasteiger partial charge is 2.00 e. The van der Waals surface area contributed by atoms with E-state index in [0.29, 0.717) is 0 Å². The molecule has 0 aliphatic carbocycles. The van der Waals surface area contributed by atoms with Crippen molar-refractivity contribution < 1.29 is 45.6 Å². The monoisotopic (exact) mass is 226 g/mol. The van der Waals surface area contributed by atoms with Crippen molar-refractivity contribution in [2.45, 2.75) is 0 Å². The summed E-state index contributed by atoms with van der Waals surface area (Å²) in [6, 6.07) is 0. The number of hydrogen-bond donors (Lipinski definition) is 0. The van der Waals surface area contributed by atoms with E-state index in [1.54, 1.807) is 0 Å². The Balaban J connectivity index is -0.000000000833. The first-order valence-electron chi connectivity index (χ1n) is 0.408. The summed E-state index contributed by atoms with van der Waals surface area (Å²) in [6.45, 7) is 0. The molecule has 0 saturated carbocycles. The van der Waals surface area contributed by atoms with Gasteiger partial charge in [-0.3, -0.25) is 0 Å². The van der Waals surface area contributed by atoms with Gasteiger partial charge < -0.3 is 16.1 Å². The fraction of sp³-hybridized carbons (Fsp3) is 1.00. The van der Waals surface area contributed by atoms with Crippen molar-refractivity contribution in [3.8, 4) is 0 Å². The van der Waals surface area contributed by atoms with E-state index in [1.807, 2.05) is 0 Å². The molecule has 0 aromatic carbocycles. The number of hydrogen-bond acceptors (Lipinski definition) is 3. The van der Waals surface area contributed by atoms with Crippen LogP contribution in [-0.4, -0.2) is 66.9 Å². The van der Waals surface area contributed by atoms with Crippen molar-refractivity contribution in [2.75, 3.05) is 7.11 Å². The van der Waals surface area contributed by atoms with Gasteiger partial charge in [-0.1, -0.05) is 0 Å². The third-order valence-electron chi connectivity index (χ3n) is 0. The van der Waals surface area contributed by atoms with Gasteiger partial charge in [0.05, 0.1) is 0 Å². The van der Waals surface area contributed by atoms with Crippen LogP contribution >= 0.6 is 0 Å². The molecule has 0 rings (SSSR count). The zero-order chi connectivity index (χ0) is 2.00. The molecular weight excluding hydrogens is 220 g/mol. The van der Waals surface area contributed by atoms with Crippen LogP contribution in [0.25, 0.3) is 0 Å². The molecule has 30 valence electrons. The summed E-state index contributed by atoms with van der Waals surface area (Å²) in [5.74, 6) is 0. The summed E-state index contributed by atoms with van der Waals surface area (Å²) in [5.41, 5.74) is 0. The van der Waals surface area contributed by atoms with Crippen LogP contribution in [0.5, 0.6) is 0 Å². The zero-order valence-electron chi connectivity index (χ0n) is 4.01. The smallest absolute Gasteiger partial charge is 0.870 e. The van der Waals surface area contributed by atoms with E-state index in [9.17, 15) is 0 Å². The summed E-state index contributed by atoms with van der Waals surface area (Å²) in [4.78, 5) is 0. The predicted octanol–water partition coefficient (Wildman–Crippen LogP) is -4.75. The summed E-state index contributed by atoms with van der Waals surface area (Å²) < 4.78 is 0. The van der Waals surface area contributed by atoms with E-state index in [4.69, 9.17) is 5.11 Å². The molecule has 0 aromatic heterocycles. The summed E-state index contributed by atoms with van der Waals surface area (Å²) in [5, 5.41) is 8.25. The normalized spacial score (nSPS) is 1.00. The van der Waals surface area contributed by atoms with E-state index in [1.165, 1.54) is 0 Å². The fourth-order valence-corrected chi connectivity index (χ4v) is 0. The van der Waals surface area contributed by atoms with E-state index in [-0.39, 0.29) is 89.4 Å². The Hall–Kier alpha value is 2.45. The summed E-state index contributed by atoms with van der Waals surface area (Å²) >= 11 is 0. The predicted molar refractivity (Wildman–Crippen MR) is 15.5 cm³/mol. The molecule has 3 nitrogen and oxygen atoms in total. The molecule has 0 atom stereocenters. The molecule has 0 saturated heterocycles. The second-order valence-electron chi connectivity index (χ2n) is 0. The summed E-state index contributed by atoms with van der Waals surface area (Å²) in [6.07, 6.45) is 0. The molecule has 0 fully saturated rings. The second kappa shape index (κ2) is 51.6. The minimum Gasteiger partial charge on any atom is -0.870 e. The van der Waals surface area contributed by atoms with Crippen LogP contribution in [0, 0.1) is 0 Å². The van der Waals surface area contributed by atoms with Crippen molar-refractivity contribution in [3.05, 3.63) is 0 Å². The van der Waals surface area contributed by atoms with Crippen molar-refractivity contribution >= 4 is 48.9 Å². The molecule has 6 heavy (non-hydrogen) atoms. The van der Waals surface area contributed by atoms with Crippen LogP contribution in [0.15, 0.2) is 0 Å². The maximum atomic E-state index is 8.25. The van der Waals surface area contributed by atoms with E-state index in [0.717, 1.165) is 7.11 Å². The Morgan fingerprint density at radius 2 is 1.00 bits per heavy atom. The summed E-state index contributed by atoms with van der Waals surface area (Å²) in [7, 11) is 0.750. The molecule has 0 radical (unpaired) electrons. The van der Waals surface area contributed by atoms with Crippen LogP contribution < -0.4 is 34.7 Å².